The molecule has 1 N–H and O–H groups in total. The summed E-state index contributed by atoms with van der Waals surface area (Å²) in [6, 6.07) is 5.94. The zero-order chi connectivity index (χ0) is 19.1. The number of para-hydroxylation sites is 1. The van der Waals surface area contributed by atoms with Gasteiger partial charge >= 0.3 is 0 Å². The highest BCUT2D eigenvalue weighted by Crippen LogP contribution is 2.30. The normalized spacial score (nSPS) is 19.3. The van der Waals surface area contributed by atoms with E-state index in [1.807, 2.05) is 13.8 Å². The molecule has 1 aliphatic heterocycles. The molecule has 2 aromatic rings. The first-order valence-corrected chi connectivity index (χ1v) is 9.43. The quantitative estimate of drug-likeness (QED) is 0.900. The van der Waals surface area contributed by atoms with Gasteiger partial charge in [0.1, 0.15) is 17.5 Å². The second-order valence-corrected chi connectivity index (χ2v) is 7.47. The number of nitrogens with zero attached hydrogens (tertiary/aromatic N) is 3. The molecule has 2 aliphatic rings. The minimum atomic E-state index is -0.512. The van der Waals surface area contributed by atoms with Crippen LogP contribution in [-0.2, 0) is 17.6 Å². The number of nitrogens with one attached hydrogen (secondary N) is 1. The van der Waals surface area contributed by atoms with E-state index < -0.39 is 6.04 Å². The van der Waals surface area contributed by atoms with E-state index in [1.165, 1.54) is 6.07 Å². The summed E-state index contributed by atoms with van der Waals surface area (Å²) in [4.78, 5) is 27.3. The smallest absolute Gasteiger partial charge is 0.275 e. The van der Waals surface area contributed by atoms with Crippen LogP contribution in [0.4, 0.5) is 4.39 Å². The van der Waals surface area contributed by atoms with E-state index in [9.17, 15) is 14.0 Å². The van der Waals surface area contributed by atoms with Crippen LogP contribution >= 0.6 is 0 Å². The summed E-state index contributed by atoms with van der Waals surface area (Å²) in [7, 11) is 0. The van der Waals surface area contributed by atoms with E-state index >= 15 is 0 Å². The minimum absolute atomic E-state index is 0.00375. The van der Waals surface area contributed by atoms with Crippen molar-refractivity contribution in [1.82, 2.24) is 20.0 Å². The number of aromatic nitrogens is 2. The SMILES string of the molecule is CC(C)C1C(=O)NCCN1C(=O)c1nn(-c2ccccc2F)c2c1CCC2. The highest BCUT2D eigenvalue weighted by atomic mass is 19.1. The number of hydrogen-bond donors (Lipinski definition) is 1. The zero-order valence-corrected chi connectivity index (χ0v) is 15.5. The van der Waals surface area contributed by atoms with Gasteiger partial charge in [-0.2, -0.15) is 5.10 Å². The molecule has 7 heteroatoms. The molecule has 1 atom stereocenters. The predicted octanol–water partition coefficient (Wildman–Crippen LogP) is 2.10. The van der Waals surface area contributed by atoms with Crippen LogP contribution in [-0.4, -0.2) is 45.6 Å². The number of rotatable bonds is 3. The third-order valence-corrected chi connectivity index (χ3v) is 5.36. The van der Waals surface area contributed by atoms with Crippen LogP contribution in [0.15, 0.2) is 24.3 Å². The lowest BCUT2D eigenvalue weighted by molar-refractivity contribution is -0.129. The molecule has 6 nitrogen and oxygen atoms in total. The Morgan fingerprint density at radius 1 is 1.30 bits per heavy atom. The Hall–Kier alpha value is -2.70. The predicted molar refractivity (Wildman–Crippen MR) is 98.2 cm³/mol. The molecule has 0 saturated carbocycles. The Bertz CT molecular complexity index is 905. The fraction of sp³-hybridized carbons (Fsp3) is 0.450. The first-order chi connectivity index (χ1) is 13.0. The Kier molecular flexibility index (Phi) is 4.45. The molecular weight excluding hydrogens is 347 g/mol. The minimum Gasteiger partial charge on any atom is -0.353 e. The Morgan fingerprint density at radius 3 is 2.81 bits per heavy atom. The maximum absolute atomic E-state index is 14.3. The highest BCUT2D eigenvalue weighted by Gasteiger charge is 2.38. The molecule has 27 heavy (non-hydrogen) atoms. The number of benzene rings is 1. The molecule has 2 heterocycles. The van der Waals surface area contributed by atoms with Gasteiger partial charge in [-0.15, -0.1) is 0 Å². The molecule has 4 rings (SSSR count). The monoisotopic (exact) mass is 370 g/mol. The first-order valence-electron chi connectivity index (χ1n) is 9.43. The van der Waals surface area contributed by atoms with Crippen LogP contribution in [0.5, 0.6) is 0 Å². The molecule has 1 fully saturated rings. The molecule has 0 spiro atoms. The Labute approximate surface area is 157 Å². The van der Waals surface area contributed by atoms with E-state index in [0.717, 1.165) is 30.5 Å². The number of fused-ring (bicyclic) bond motifs is 1. The first kappa shape index (κ1) is 17.7. The van der Waals surface area contributed by atoms with Crippen LogP contribution < -0.4 is 5.32 Å². The van der Waals surface area contributed by atoms with E-state index in [0.29, 0.717) is 24.5 Å². The van der Waals surface area contributed by atoms with Crippen molar-refractivity contribution in [2.24, 2.45) is 5.92 Å². The largest absolute Gasteiger partial charge is 0.353 e. The lowest BCUT2D eigenvalue weighted by Crippen LogP contribution is -2.59. The highest BCUT2D eigenvalue weighted by molar-refractivity contribution is 5.98. The van der Waals surface area contributed by atoms with Crippen LogP contribution in [0.1, 0.15) is 42.0 Å². The van der Waals surface area contributed by atoms with Gasteiger partial charge in [0.05, 0.1) is 0 Å². The van der Waals surface area contributed by atoms with Crippen molar-refractivity contribution in [1.29, 1.82) is 0 Å². The summed E-state index contributed by atoms with van der Waals surface area (Å²) in [6.45, 7) is 4.75. The van der Waals surface area contributed by atoms with Crippen LogP contribution in [0.25, 0.3) is 5.69 Å². The third-order valence-electron chi connectivity index (χ3n) is 5.36. The van der Waals surface area contributed by atoms with E-state index in [4.69, 9.17) is 0 Å². The number of piperazine rings is 1. The van der Waals surface area contributed by atoms with Crippen LogP contribution in [0, 0.1) is 11.7 Å². The van der Waals surface area contributed by atoms with E-state index in [-0.39, 0.29) is 23.5 Å². The van der Waals surface area contributed by atoms with Gasteiger partial charge in [0.25, 0.3) is 5.91 Å². The number of halogens is 1. The summed E-state index contributed by atoms with van der Waals surface area (Å²) in [5.74, 6) is -0.742. The molecule has 1 aliphatic carbocycles. The summed E-state index contributed by atoms with van der Waals surface area (Å²) >= 11 is 0. The second-order valence-electron chi connectivity index (χ2n) is 7.47. The van der Waals surface area contributed by atoms with Gasteiger partial charge < -0.3 is 10.2 Å². The van der Waals surface area contributed by atoms with Gasteiger partial charge in [0.15, 0.2) is 5.69 Å². The molecule has 1 aromatic carbocycles. The Morgan fingerprint density at radius 2 is 2.07 bits per heavy atom. The molecule has 0 radical (unpaired) electrons. The van der Waals surface area contributed by atoms with Gasteiger partial charge in [-0.3, -0.25) is 9.59 Å². The third kappa shape index (κ3) is 2.91. The Balaban J connectivity index is 1.76. The topological polar surface area (TPSA) is 67.2 Å². The van der Waals surface area contributed by atoms with Gasteiger partial charge in [0, 0.05) is 24.3 Å². The molecule has 1 aromatic heterocycles. The van der Waals surface area contributed by atoms with Crippen molar-refractivity contribution >= 4 is 11.8 Å². The average molecular weight is 370 g/mol. The summed E-state index contributed by atoms with van der Waals surface area (Å²) in [5, 5.41) is 7.34. The number of carbonyl (C=O) groups excluding carboxylic acids is 2. The number of carbonyl (C=O) groups is 2. The van der Waals surface area contributed by atoms with Gasteiger partial charge in [-0.25, -0.2) is 9.07 Å². The summed E-state index contributed by atoms with van der Waals surface area (Å²) < 4.78 is 15.9. The van der Waals surface area contributed by atoms with Crippen LogP contribution in [0.3, 0.4) is 0 Å². The number of amides is 2. The molecule has 1 unspecified atom stereocenters. The molecule has 2 amide bonds. The molecule has 1 saturated heterocycles. The molecule has 0 bridgehead atoms. The van der Waals surface area contributed by atoms with Gasteiger partial charge in [0.2, 0.25) is 5.91 Å². The summed E-state index contributed by atoms with van der Waals surface area (Å²) in [5.41, 5.74) is 2.49. The lowest BCUT2D eigenvalue weighted by atomic mass is 9.99. The maximum atomic E-state index is 14.3. The maximum Gasteiger partial charge on any atom is 0.275 e. The van der Waals surface area contributed by atoms with Crippen molar-refractivity contribution in [3.63, 3.8) is 0 Å². The average Bonchev–Trinajstić information content (AvgIpc) is 3.24. The van der Waals surface area contributed by atoms with Crippen molar-refractivity contribution in [2.75, 3.05) is 13.1 Å². The van der Waals surface area contributed by atoms with Gasteiger partial charge in [-0.1, -0.05) is 26.0 Å². The van der Waals surface area contributed by atoms with Crippen molar-refractivity contribution in [3.05, 3.63) is 47.0 Å². The fourth-order valence-corrected chi connectivity index (χ4v) is 4.14. The van der Waals surface area contributed by atoms with E-state index in [1.54, 1.807) is 27.8 Å². The summed E-state index contributed by atoms with van der Waals surface area (Å²) in [6.07, 6.45) is 2.42. The fourth-order valence-electron chi connectivity index (χ4n) is 4.14. The molecular formula is C20H23FN4O2. The van der Waals surface area contributed by atoms with E-state index in [2.05, 4.69) is 10.4 Å². The van der Waals surface area contributed by atoms with Crippen molar-refractivity contribution < 1.29 is 14.0 Å². The standard InChI is InChI=1S/C20H23FN4O2/c1-12(2)18-19(26)22-10-11-24(18)20(27)17-13-6-5-9-15(13)25(23-17)16-8-4-3-7-14(16)21/h3-4,7-8,12,18H,5-6,9-11H2,1-2H3,(H,22,26). The number of hydrogen-bond acceptors (Lipinski definition) is 3. The van der Waals surface area contributed by atoms with Gasteiger partial charge in [-0.05, 0) is 37.3 Å². The molecule has 142 valence electrons. The zero-order valence-electron chi connectivity index (χ0n) is 15.5. The van der Waals surface area contributed by atoms with Crippen LogP contribution in [0.2, 0.25) is 0 Å². The lowest BCUT2D eigenvalue weighted by Gasteiger charge is -2.37. The van der Waals surface area contributed by atoms with Crippen molar-refractivity contribution in [2.45, 2.75) is 39.2 Å². The van der Waals surface area contributed by atoms with Crippen molar-refractivity contribution in [3.8, 4) is 5.69 Å². The second kappa shape index (κ2) is 6.79.